The Hall–Kier alpha value is -1.20. The summed E-state index contributed by atoms with van der Waals surface area (Å²) in [6, 6.07) is 1.79. The summed E-state index contributed by atoms with van der Waals surface area (Å²) in [4.78, 5) is 11.8. The van der Waals surface area contributed by atoms with Crippen LogP contribution in [0.5, 0.6) is 11.6 Å². The SMILES string of the molecule is Cc1cnc(Cl)nc1Oc1cncc(Br)c1. The van der Waals surface area contributed by atoms with E-state index in [1.807, 2.05) is 6.92 Å². The van der Waals surface area contributed by atoms with Crippen molar-refractivity contribution in [3.05, 3.63) is 40.0 Å². The Morgan fingerprint density at radius 2 is 2.12 bits per heavy atom. The van der Waals surface area contributed by atoms with Crippen molar-refractivity contribution < 1.29 is 4.74 Å². The van der Waals surface area contributed by atoms with Crippen molar-refractivity contribution in [2.75, 3.05) is 0 Å². The maximum atomic E-state index is 5.69. The van der Waals surface area contributed by atoms with E-state index in [2.05, 4.69) is 30.9 Å². The molecule has 2 aromatic rings. The number of pyridine rings is 1. The Bertz CT molecular complexity index is 521. The van der Waals surface area contributed by atoms with Gasteiger partial charge in [-0.05, 0) is 40.5 Å². The van der Waals surface area contributed by atoms with E-state index in [0.29, 0.717) is 11.6 Å². The van der Waals surface area contributed by atoms with Gasteiger partial charge in [-0.15, -0.1) is 0 Å². The quantitative estimate of drug-likeness (QED) is 0.798. The van der Waals surface area contributed by atoms with Gasteiger partial charge in [0.25, 0.3) is 0 Å². The fourth-order valence-electron chi connectivity index (χ4n) is 1.07. The molecule has 0 radical (unpaired) electrons. The molecule has 0 unspecified atom stereocenters. The molecule has 0 fully saturated rings. The van der Waals surface area contributed by atoms with Crippen LogP contribution in [-0.2, 0) is 0 Å². The summed E-state index contributed by atoms with van der Waals surface area (Å²) in [6.45, 7) is 1.84. The maximum Gasteiger partial charge on any atom is 0.226 e. The number of nitrogens with zero attached hydrogens (tertiary/aromatic N) is 3. The molecule has 0 saturated heterocycles. The summed E-state index contributed by atoms with van der Waals surface area (Å²) >= 11 is 8.99. The van der Waals surface area contributed by atoms with Gasteiger partial charge < -0.3 is 4.74 Å². The van der Waals surface area contributed by atoms with E-state index in [0.717, 1.165) is 10.0 Å². The maximum absolute atomic E-state index is 5.69. The fourth-order valence-corrected chi connectivity index (χ4v) is 1.54. The van der Waals surface area contributed by atoms with Crippen LogP contribution in [0, 0.1) is 6.92 Å². The summed E-state index contributed by atoms with van der Waals surface area (Å²) in [5.41, 5.74) is 0.810. The van der Waals surface area contributed by atoms with E-state index in [1.54, 1.807) is 24.7 Å². The summed E-state index contributed by atoms with van der Waals surface area (Å²) in [5, 5.41) is 0.156. The Kier molecular flexibility index (Phi) is 3.36. The van der Waals surface area contributed by atoms with Crippen LogP contribution >= 0.6 is 27.5 Å². The van der Waals surface area contributed by atoms with E-state index >= 15 is 0 Å². The first-order valence-electron chi connectivity index (χ1n) is 4.43. The molecule has 0 aliphatic carbocycles. The normalized spacial score (nSPS) is 10.2. The zero-order valence-corrected chi connectivity index (χ0v) is 10.7. The predicted octanol–water partition coefficient (Wildman–Crippen LogP) is 3.39. The molecule has 0 atom stereocenters. The largest absolute Gasteiger partial charge is 0.437 e. The van der Waals surface area contributed by atoms with Crippen molar-refractivity contribution >= 4 is 27.5 Å². The van der Waals surface area contributed by atoms with Gasteiger partial charge in [-0.25, -0.2) is 4.98 Å². The van der Waals surface area contributed by atoms with E-state index < -0.39 is 0 Å². The molecule has 6 heteroatoms. The Morgan fingerprint density at radius 1 is 1.31 bits per heavy atom. The first-order chi connectivity index (χ1) is 7.65. The van der Waals surface area contributed by atoms with Crippen LogP contribution in [-0.4, -0.2) is 15.0 Å². The van der Waals surface area contributed by atoms with Crippen LogP contribution in [0.4, 0.5) is 0 Å². The van der Waals surface area contributed by atoms with Crippen molar-refractivity contribution in [1.29, 1.82) is 0 Å². The minimum atomic E-state index is 0.156. The van der Waals surface area contributed by atoms with Crippen LogP contribution < -0.4 is 4.74 Å². The molecule has 0 aliphatic heterocycles. The third-order valence-electron chi connectivity index (χ3n) is 1.79. The first kappa shape index (κ1) is 11.3. The van der Waals surface area contributed by atoms with E-state index in [4.69, 9.17) is 16.3 Å². The van der Waals surface area contributed by atoms with Gasteiger partial charge in [0.1, 0.15) is 5.75 Å². The van der Waals surface area contributed by atoms with Gasteiger partial charge in [-0.3, -0.25) is 4.98 Å². The average Bonchev–Trinajstić information content (AvgIpc) is 2.24. The van der Waals surface area contributed by atoms with E-state index in [9.17, 15) is 0 Å². The topological polar surface area (TPSA) is 47.9 Å². The molecule has 2 rings (SSSR count). The Labute approximate surface area is 106 Å². The van der Waals surface area contributed by atoms with Crippen molar-refractivity contribution in [3.63, 3.8) is 0 Å². The molecule has 2 aromatic heterocycles. The average molecular weight is 301 g/mol. The zero-order valence-electron chi connectivity index (χ0n) is 8.32. The second-order valence-corrected chi connectivity index (χ2v) is 4.32. The van der Waals surface area contributed by atoms with Crippen LogP contribution in [0.15, 0.2) is 29.1 Å². The standard InChI is InChI=1S/C10H7BrClN3O/c1-6-3-14-10(12)15-9(6)16-8-2-7(11)4-13-5-8/h2-5H,1H3. The van der Waals surface area contributed by atoms with Gasteiger partial charge in [-0.1, -0.05) is 0 Å². The monoisotopic (exact) mass is 299 g/mol. The van der Waals surface area contributed by atoms with Gasteiger partial charge in [0, 0.05) is 22.4 Å². The molecular formula is C10H7BrClN3O. The molecule has 16 heavy (non-hydrogen) atoms. The molecule has 0 amide bonds. The van der Waals surface area contributed by atoms with Gasteiger partial charge in [0.2, 0.25) is 11.2 Å². The smallest absolute Gasteiger partial charge is 0.226 e. The van der Waals surface area contributed by atoms with Gasteiger partial charge in [0.05, 0.1) is 6.20 Å². The number of hydrogen-bond acceptors (Lipinski definition) is 4. The number of aromatic nitrogens is 3. The molecule has 0 aliphatic rings. The van der Waals surface area contributed by atoms with Gasteiger partial charge in [-0.2, -0.15) is 4.98 Å². The molecule has 0 aromatic carbocycles. The van der Waals surface area contributed by atoms with E-state index in [1.165, 1.54) is 0 Å². The number of hydrogen-bond donors (Lipinski definition) is 0. The summed E-state index contributed by atoms with van der Waals surface area (Å²) in [7, 11) is 0. The predicted molar refractivity (Wildman–Crippen MR) is 63.8 cm³/mol. The Balaban J connectivity index is 2.30. The highest BCUT2D eigenvalue weighted by molar-refractivity contribution is 9.10. The molecule has 0 spiro atoms. The van der Waals surface area contributed by atoms with Gasteiger partial charge in [0.15, 0.2) is 0 Å². The number of rotatable bonds is 2. The van der Waals surface area contributed by atoms with E-state index in [-0.39, 0.29) is 5.28 Å². The lowest BCUT2D eigenvalue weighted by molar-refractivity contribution is 0.455. The molecule has 82 valence electrons. The van der Waals surface area contributed by atoms with Gasteiger partial charge >= 0.3 is 0 Å². The van der Waals surface area contributed by atoms with Crippen LogP contribution in [0.2, 0.25) is 5.28 Å². The third kappa shape index (κ3) is 2.68. The summed E-state index contributed by atoms with van der Waals surface area (Å²) < 4.78 is 6.38. The second-order valence-electron chi connectivity index (χ2n) is 3.07. The molecule has 2 heterocycles. The minimum Gasteiger partial charge on any atom is -0.437 e. The van der Waals surface area contributed by atoms with Crippen molar-refractivity contribution in [2.24, 2.45) is 0 Å². The number of aryl methyl sites for hydroxylation is 1. The highest BCUT2D eigenvalue weighted by Gasteiger charge is 2.05. The zero-order chi connectivity index (χ0) is 11.5. The number of halogens is 2. The third-order valence-corrected chi connectivity index (χ3v) is 2.41. The van der Waals surface area contributed by atoms with Crippen LogP contribution in [0.25, 0.3) is 0 Å². The summed E-state index contributed by atoms with van der Waals surface area (Å²) in [6.07, 6.45) is 4.88. The summed E-state index contributed by atoms with van der Waals surface area (Å²) in [5.74, 6) is 1.02. The lowest BCUT2D eigenvalue weighted by Gasteiger charge is -2.06. The molecule has 0 saturated carbocycles. The molecule has 0 N–H and O–H groups in total. The highest BCUT2D eigenvalue weighted by Crippen LogP contribution is 2.24. The van der Waals surface area contributed by atoms with Crippen molar-refractivity contribution in [1.82, 2.24) is 15.0 Å². The lowest BCUT2D eigenvalue weighted by atomic mass is 10.4. The molecule has 0 bridgehead atoms. The second kappa shape index (κ2) is 4.76. The molecular weight excluding hydrogens is 293 g/mol. The minimum absolute atomic E-state index is 0.156. The molecule has 4 nitrogen and oxygen atoms in total. The van der Waals surface area contributed by atoms with Crippen molar-refractivity contribution in [3.8, 4) is 11.6 Å². The highest BCUT2D eigenvalue weighted by atomic mass is 79.9. The first-order valence-corrected chi connectivity index (χ1v) is 5.60. The van der Waals surface area contributed by atoms with Crippen molar-refractivity contribution in [2.45, 2.75) is 6.92 Å². The fraction of sp³-hybridized carbons (Fsp3) is 0.100. The van der Waals surface area contributed by atoms with Crippen LogP contribution in [0.3, 0.4) is 0 Å². The lowest BCUT2D eigenvalue weighted by Crippen LogP contribution is -1.93. The van der Waals surface area contributed by atoms with Crippen LogP contribution in [0.1, 0.15) is 5.56 Å². The number of ether oxygens (including phenoxy) is 1. The Morgan fingerprint density at radius 3 is 2.88 bits per heavy atom.